The maximum atomic E-state index is 12.4. The second-order valence-electron chi connectivity index (χ2n) is 5.40. The Balaban J connectivity index is 2.10. The van der Waals surface area contributed by atoms with Crippen molar-refractivity contribution < 1.29 is 9.59 Å². The normalized spacial score (nSPS) is 16.0. The molecule has 0 spiro atoms. The molecule has 0 heterocycles. The van der Waals surface area contributed by atoms with Crippen molar-refractivity contribution in [3.8, 4) is 6.07 Å². The molecule has 0 radical (unpaired) electrons. The zero-order valence-corrected chi connectivity index (χ0v) is 12.1. The van der Waals surface area contributed by atoms with Crippen LogP contribution < -0.4 is 10.6 Å². The highest BCUT2D eigenvalue weighted by atomic mass is 16.2. The number of anilines is 1. The first-order valence-electron chi connectivity index (χ1n) is 7.18. The van der Waals surface area contributed by atoms with Crippen LogP contribution in [0, 0.1) is 17.2 Å². The summed E-state index contributed by atoms with van der Waals surface area (Å²) in [5.41, 5.74) is 1.07. The molecule has 2 amide bonds. The van der Waals surface area contributed by atoms with E-state index in [1.165, 1.54) is 6.92 Å². The van der Waals surface area contributed by atoms with E-state index >= 15 is 0 Å². The zero-order valence-electron chi connectivity index (χ0n) is 12.1. The highest BCUT2D eigenvalue weighted by Gasteiger charge is 2.31. The van der Waals surface area contributed by atoms with Crippen molar-refractivity contribution >= 4 is 17.5 Å². The Hall–Kier alpha value is -2.35. The van der Waals surface area contributed by atoms with E-state index in [-0.39, 0.29) is 17.7 Å². The van der Waals surface area contributed by atoms with Gasteiger partial charge < -0.3 is 10.6 Å². The molecule has 2 rings (SSSR count). The summed E-state index contributed by atoms with van der Waals surface area (Å²) in [5.74, 6) is -0.229. The van der Waals surface area contributed by atoms with Gasteiger partial charge in [-0.1, -0.05) is 18.9 Å². The third kappa shape index (κ3) is 4.06. The van der Waals surface area contributed by atoms with Crippen LogP contribution in [-0.4, -0.2) is 17.9 Å². The van der Waals surface area contributed by atoms with Crippen LogP contribution in [-0.2, 0) is 9.59 Å². The highest BCUT2D eigenvalue weighted by Crippen LogP contribution is 2.28. The Labute approximate surface area is 124 Å². The molecule has 1 aliphatic carbocycles. The molecule has 1 unspecified atom stereocenters. The minimum absolute atomic E-state index is 0.188. The van der Waals surface area contributed by atoms with Crippen molar-refractivity contribution in [1.82, 2.24) is 5.32 Å². The predicted octanol–water partition coefficient (Wildman–Crippen LogP) is 2.19. The predicted molar refractivity (Wildman–Crippen MR) is 79.3 cm³/mol. The Bertz CT molecular complexity index is 571. The highest BCUT2D eigenvalue weighted by molar-refractivity contribution is 5.97. The van der Waals surface area contributed by atoms with Gasteiger partial charge in [0.05, 0.1) is 11.6 Å². The minimum atomic E-state index is -0.504. The van der Waals surface area contributed by atoms with Gasteiger partial charge in [0.25, 0.3) is 0 Å². The molecule has 0 aromatic heterocycles. The van der Waals surface area contributed by atoms with Gasteiger partial charge in [0.1, 0.15) is 6.04 Å². The van der Waals surface area contributed by atoms with Crippen LogP contribution in [0.4, 0.5) is 5.69 Å². The first-order valence-corrected chi connectivity index (χ1v) is 7.18. The zero-order chi connectivity index (χ0) is 15.2. The maximum Gasteiger partial charge on any atom is 0.247 e. The SMILES string of the molecule is CC(=O)NC(C(=O)Nc1cccc(C#N)c1)C1CCCC1. The molecule has 110 valence electrons. The number of hydrogen-bond acceptors (Lipinski definition) is 3. The van der Waals surface area contributed by atoms with E-state index in [9.17, 15) is 9.59 Å². The Kier molecular flexibility index (Phi) is 4.94. The van der Waals surface area contributed by atoms with Gasteiger partial charge in [-0.25, -0.2) is 0 Å². The summed E-state index contributed by atoms with van der Waals surface area (Å²) in [6.45, 7) is 1.42. The van der Waals surface area contributed by atoms with Gasteiger partial charge in [0, 0.05) is 12.6 Å². The van der Waals surface area contributed by atoms with Crippen LogP contribution in [0.5, 0.6) is 0 Å². The third-order valence-corrected chi connectivity index (χ3v) is 3.77. The number of nitriles is 1. The molecule has 1 aromatic rings. The molecule has 0 bridgehead atoms. The van der Waals surface area contributed by atoms with Crippen molar-refractivity contribution in [2.24, 2.45) is 5.92 Å². The number of hydrogen-bond donors (Lipinski definition) is 2. The van der Waals surface area contributed by atoms with Gasteiger partial charge in [0.15, 0.2) is 0 Å². The summed E-state index contributed by atoms with van der Waals surface area (Å²) in [6, 6.07) is 8.29. The number of amides is 2. The molecule has 1 fully saturated rings. The molecule has 5 nitrogen and oxygen atoms in total. The average molecular weight is 285 g/mol. The second-order valence-corrected chi connectivity index (χ2v) is 5.40. The smallest absolute Gasteiger partial charge is 0.247 e. The molecule has 0 aliphatic heterocycles. The fourth-order valence-corrected chi connectivity index (χ4v) is 2.79. The van der Waals surface area contributed by atoms with Gasteiger partial charge in [-0.15, -0.1) is 0 Å². The summed E-state index contributed by atoms with van der Waals surface area (Å²) < 4.78 is 0. The molecule has 2 N–H and O–H groups in total. The molecular weight excluding hydrogens is 266 g/mol. The number of nitrogens with zero attached hydrogens (tertiary/aromatic N) is 1. The molecule has 5 heteroatoms. The fourth-order valence-electron chi connectivity index (χ4n) is 2.79. The van der Waals surface area contributed by atoms with Crippen molar-refractivity contribution in [3.05, 3.63) is 29.8 Å². The summed E-state index contributed by atoms with van der Waals surface area (Å²) in [4.78, 5) is 23.8. The molecule has 1 atom stereocenters. The van der Waals surface area contributed by atoms with Crippen LogP contribution >= 0.6 is 0 Å². The first-order chi connectivity index (χ1) is 10.1. The van der Waals surface area contributed by atoms with Crippen LogP contribution in [0.15, 0.2) is 24.3 Å². The first kappa shape index (κ1) is 15.0. The number of nitrogens with one attached hydrogen (secondary N) is 2. The largest absolute Gasteiger partial charge is 0.344 e. The van der Waals surface area contributed by atoms with Gasteiger partial charge >= 0.3 is 0 Å². The summed E-state index contributed by atoms with van der Waals surface area (Å²) in [5, 5.41) is 14.4. The Morgan fingerprint density at radius 2 is 2.05 bits per heavy atom. The number of rotatable bonds is 4. The maximum absolute atomic E-state index is 12.4. The van der Waals surface area contributed by atoms with E-state index in [1.807, 2.05) is 6.07 Å². The Morgan fingerprint density at radius 3 is 2.67 bits per heavy atom. The van der Waals surface area contributed by atoms with Crippen LogP contribution in [0.25, 0.3) is 0 Å². The standard InChI is InChI=1S/C16H19N3O2/c1-11(20)18-15(13-6-2-3-7-13)16(21)19-14-8-4-5-12(9-14)10-17/h4-5,8-9,13,15H,2-3,6-7H2,1H3,(H,18,20)(H,19,21). The van der Waals surface area contributed by atoms with Crippen LogP contribution in [0.2, 0.25) is 0 Å². The molecule has 21 heavy (non-hydrogen) atoms. The van der Waals surface area contributed by atoms with Crippen molar-refractivity contribution in [3.63, 3.8) is 0 Å². The van der Waals surface area contributed by atoms with Crippen molar-refractivity contribution in [1.29, 1.82) is 5.26 Å². The molecular formula is C16H19N3O2. The van der Waals surface area contributed by atoms with E-state index in [4.69, 9.17) is 5.26 Å². The van der Waals surface area contributed by atoms with Gasteiger partial charge in [-0.3, -0.25) is 9.59 Å². The summed E-state index contributed by atoms with van der Waals surface area (Å²) in [6.07, 6.45) is 4.10. The van der Waals surface area contributed by atoms with Crippen molar-refractivity contribution in [2.45, 2.75) is 38.6 Å². The third-order valence-electron chi connectivity index (χ3n) is 3.77. The van der Waals surface area contributed by atoms with Crippen LogP contribution in [0.3, 0.4) is 0 Å². The molecule has 1 aromatic carbocycles. The van der Waals surface area contributed by atoms with E-state index in [0.717, 1.165) is 25.7 Å². The summed E-state index contributed by atoms with van der Waals surface area (Å²) >= 11 is 0. The minimum Gasteiger partial charge on any atom is -0.344 e. The molecule has 0 saturated heterocycles. The Morgan fingerprint density at radius 1 is 1.33 bits per heavy atom. The van der Waals surface area contributed by atoms with E-state index in [0.29, 0.717) is 11.3 Å². The quantitative estimate of drug-likeness (QED) is 0.889. The van der Waals surface area contributed by atoms with E-state index in [1.54, 1.807) is 24.3 Å². The molecule has 1 aliphatic rings. The van der Waals surface area contributed by atoms with Crippen LogP contribution in [0.1, 0.15) is 38.2 Å². The van der Waals surface area contributed by atoms with Gasteiger partial charge in [-0.05, 0) is 37.0 Å². The monoisotopic (exact) mass is 285 g/mol. The lowest BCUT2D eigenvalue weighted by molar-refractivity contribution is -0.126. The lowest BCUT2D eigenvalue weighted by Gasteiger charge is -2.23. The number of benzene rings is 1. The number of carbonyl (C=O) groups excluding carboxylic acids is 2. The summed E-state index contributed by atoms with van der Waals surface area (Å²) in [7, 11) is 0. The van der Waals surface area contributed by atoms with Gasteiger partial charge in [0.2, 0.25) is 11.8 Å². The van der Waals surface area contributed by atoms with Crippen molar-refractivity contribution in [2.75, 3.05) is 5.32 Å². The average Bonchev–Trinajstić information content (AvgIpc) is 2.98. The molecule has 1 saturated carbocycles. The fraction of sp³-hybridized carbons (Fsp3) is 0.438. The number of carbonyl (C=O) groups is 2. The lowest BCUT2D eigenvalue weighted by Crippen LogP contribution is -2.47. The lowest BCUT2D eigenvalue weighted by atomic mass is 9.97. The van der Waals surface area contributed by atoms with E-state index < -0.39 is 6.04 Å². The van der Waals surface area contributed by atoms with E-state index in [2.05, 4.69) is 10.6 Å². The second kappa shape index (κ2) is 6.89. The topological polar surface area (TPSA) is 82.0 Å². The van der Waals surface area contributed by atoms with Gasteiger partial charge in [-0.2, -0.15) is 5.26 Å².